The Hall–Kier alpha value is -4.09. The van der Waals surface area contributed by atoms with E-state index in [0.29, 0.717) is 21.5 Å². The topological polar surface area (TPSA) is 161 Å². The van der Waals surface area contributed by atoms with Gasteiger partial charge in [-0.2, -0.15) is 10.2 Å². The molecule has 0 fully saturated rings. The molecular weight excluding hydrogens is 767 g/mol. The normalized spacial score (nSPS) is 14.1. The monoisotopic (exact) mass is 811 g/mol. The van der Waals surface area contributed by atoms with Crippen molar-refractivity contribution in [2.45, 2.75) is 73.3 Å². The zero-order valence-electron chi connectivity index (χ0n) is 29.3. The van der Waals surface area contributed by atoms with Crippen molar-refractivity contribution in [1.29, 1.82) is 0 Å². The maximum absolute atomic E-state index is 13.3. The van der Waals surface area contributed by atoms with Gasteiger partial charge in [-0.1, -0.05) is 73.1 Å². The van der Waals surface area contributed by atoms with Crippen LogP contribution in [0.2, 0.25) is 10.0 Å². The van der Waals surface area contributed by atoms with Crippen LogP contribution in [0.5, 0.6) is 23.0 Å². The molecule has 2 N–H and O–H groups in total. The van der Waals surface area contributed by atoms with Crippen molar-refractivity contribution >= 4 is 50.6 Å². The van der Waals surface area contributed by atoms with Crippen molar-refractivity contribution in [3.8, 4) is 23.0 Å². The molecule has 0 unspecified atom stereocenters. The smallest absolute Gasteiger partial charge is 0.462 e. The molecule has 4 aromatic rings. The molecule has 0 aliphatic rings. The fraction of sp³-hybridized carbons (Fsp3) is 0.306. The lowest BCUT2D eigenvalue weighted by Crippen LogP contribution is -2.36. The number of nitrogens with zero attached hydrogens (tertiary/aromatic N) is 1. The first kappa shape index (κ1) is 45.1. The Bertz CT molecular complexity index is 1710. The molecular formula is C36H45Cl2N3O10P2. The summed E-state index contributed by atoms with van der Waals surface area (Å²) < 4.78 is 58.8. The number of esters is 2. The molecule has 288 valence electrons. The van der Waals surface area contributed by atoms with E-state index in [9.17, 15) is 18.7 Å². The summed E-state index contributed by atoms with van der Waals surface area (Å²) in [6.07, 6.45) is 2.15. The van der Waals surface area contributed by atoms with E-state index in [-0.39, 0.29) is 31.1 Å². The van der Waals surface area contributed by atoms with Gasteiger partial charge in [-0.15, -0.1) is 0 Å². The molecule has 53 heavy (non-hydrogen) atoms. The fourth-order valence-corrected chi connectivity index (χ4v) is 7.23. The first-order chi connectivity index (χ1) is 24.5. The summed E-state index contributed by atoms with van der Waals surface area (Å²) in [6.45, 7) is 9.93. The van der Waals surface area contributed by atoms with Crippen LogP contribution in [0.3, 0.4) is 0 Å². The predicted octanol–water partition coefficient (Wildman–Crippen LogP) is 9.70. The lowest BCUT2D eigenvalue weighted by molar-refractivity contribution is -0.149. The highest BCUT2D eigenvalue weighted by molar-refractivity contribution is 7.52. The molecule has 0 spiro atoms. The van der Waals surface area contributed by atoms with Crippen LogP contribution < -0.4 is 28.3 Å². The second-order valence-corrected chi connectivity index (χ2v) is 15.6. The van der Waals surface area contributed by atoms with Crippen molar-refractivity contribution < 1.29 is 46.3 Å². The standard InChI is InChI=1S/C18H21ClNO5P.C17H20ClN2O5P.CH4/c1-13(2)23-18(21)14(3)20-26(22,24-16-9-5-4-6-10-16)25-17-11-7-8-15(19)12-17;1-12(2)23-17(21)13(3)20-26(22,24-15-7-5-4-6-8-15)25-16-9-14(18)10-19-11-16;/h4-14H,1-3H3,(H,20,22);4-13H,1-3H3,(H,20,22);1H4/t14-,26+;13-,26-;/m10./s1. The van der Waals surface area contributed by atoms with E-state index in [0.717, 1.165) is 0 Å². The molecule has 1 heterocycles. The van der Waals surface area contributed by atoms with E-state index >= 15 is 0 Å². The molecule has 0 amide bonds. The summed E-state index contributed by atoms with van der Waals surface area (Å²) in [6, 6.07) is 23.0. The number of aromatic nitrogens is 1. The minimum atomic E-state index is -3.99. The lowest BCUT2D eigenvalue weighted by Gasteiger charge is -2.23. The maximum Gasteiger partial charge on any atom is 0.513 e. The summed E-state index contributed by atoms with van der Waals surface area (Å²) in [5.74, 6) is -0.129. The van der Waals surface area contributed by atoms with Gasteiger partial charge in [-0.3, -0.25) is 14.6 Å². The van der Waals surface area contributed by atoms with Gasteiger partial charge in [0.2, 0.25) is 0 Å². The third kappa shape index (κ3) is 16.6. The largest absolute Gasteiger partial charge is 0.513 e. The van der Waals surface area contributed by atoms with Gasteiger partial charge in [0.05, 0.1) is 23.4 Å². The second-order valence-electron chi connectivity index (χ2n) is 11.5. The van der Waals surface area contributed by atoms with Gasteiger partial charge in [0, 0.05) is 17.3 Å². The molecule has 0 aliphatic carbocycles. The summed E-state index contributed by atoms with van der Waals surface area (Å²) in [5, 5.41) is 5.91. The molecule has 0 bridgehead atoms. The molecule has 4 atom stereocenters. The van der Waals surface area contributed by atoms with Crippen molar-refractivity contribution in [2.75, 3.05) is 0 Å². The number of rotatable bonds is 16. The number of benzene rings is 3. The first-order valence-corrected chi connectivity index (χ1v) is 19.8. The highest BCUT2D eigenvalue weighted by Gasteiger charge is 2.35. The van der Waals surface area contributed by atoms with Gasteiger partial charge in [0.1, 0.15) is 29.3 Å². The molecule has 0 radical (unpaired) electrons. The SMILES string of the molecule is C.CC(C)OC(=O)[C@@H](C)N[P@](=O)(Oc1ccccc1)Oc1cccc(Cl)c1.CC(C)OC(=O)[C@H](C)N[P@](=O)(Oc1ccccc1)Oc1cncc(Cl)c1. The number of carbonyl (C=O) groups excluding carboxylic acids is 2. The number of para-hydroxylation sites is 2. The maximum atomic E-state index is 13.3. The highest BCUT2D eigenvalue weighted by Crippen LogP contribution is 2.46. The van der Waals surface area contributed by atoms with Gasteiger partial charge in [-0.05, 0) is 84.0 Å². The zero-order chi connectivity index (χ0) is 38.3. The molecule has 3 aromatic carbocycles. The fourth-order valence-electron chi connectivity index (χ4n) is 3.88. The van der Waals surface area contributed by atoms with E-state index in [1.165, 1.54) is 38.4 Å². The molecule has 0 saturated carbocycles. The summed E-state index contributed by atoms with van der Waals surface area (Å²) >= 11 is 11.8. The van der Waals surface area contributed by atoms with E-state index in [2.05, 4.69) is 15.2 Å². The van der Waals surface area contributed by atoms with Crippen LogP contribution in [0.15, 0.2) is 103 Å². The van der Waals surface area contributed by atoms with Crippen LogP contribution >= 0.6 is 38.7 Å². The van der Waals surface area contributed by atoms with Crippen LogP contribution in [0.1, 0.15) is 49.0 Å². The number of halogens is 2. The Morgan fingerprint density at radius 1 is 0.566 bits per heavy atom. The molecule has 0 aliphatic heterocycles. The van der Waals surface area contributed by atoms with Crippen LogP contribution in [0.25, 0.3) is 0 Å². The highest BCUT2D eigenvalue weighted by atomic mass is 35.5. The molecule has 4 rings (SSSR count). The number of ether oxygens (including phenoxy) is 2. The zero-order valence-corrected chi connectivity index (χ0v) is 32.6. The Labute approximate surface area is 320 Å². The number of hydrogen-bond acceptors (Lipinski definition) is 11. The van der Waals surface area contributed by atoms with Crippen LogP contribution in [-0.2, 0) is 28.2 Å². The van der Waals surface area contributed by atoms with E-state index in [4.69, 9.17) is 50.8 Å². The Kier molecular flexibility index (Phi) is 18.3. The van der Waals surface area contributed by atoms with Gasteiger partial charge < -0.3 is 27.6 Å². The van der Waals surface area contributed by atoms with Crippen LogP contribution in [-0.4, -0.2) is 41.2 Å². The van der Waals surface area contributed by atoms with E-state index in [1.807, 2.05) is 0 Å². The second kappa shape index (κ2) is 21.6. The number of nitrogens with one attached hydrogen (secondary N) is 2. The van der Waals surface area contributed by atoms with Crippen molar-refractivity contribution in [1.82, 2.24) is 15.2 Å². The average Bonchev–Trinajstić information content (AvgIpc) is 3.05. The Morgan fingerprint density at radius 2 is 0.962 bits per heavy atom. The minimum Gasteiger partial charge on any atom is -0.462 e. The minimum absolute atomic E-state index is 0. The van der Waals surface area contributed by atoms with Crippen LogP contribution in [0, 0.1) is 0 Å². The summed E-state index contributed by atoms with van der Waals surface area (Å²) in [5.41, 5.74) is 0. The number of pyridine rings is 1. The summed E-state index contributed by atoms with van der Waals surface area (Å²) in [4.78, 5) is 28.0. The van der Waals surface area contributed by atoms with E-state index < -0.39 is 39.5 Å². The third-order valence-electron chi connectivity index (χ3n) is 5.98. The quantitative estimate of drug-likeness (QED) is 0.0814. The van der Waals surface area contributed by atoms with Gasteiger partial charge in [-0.25, -0.2) is 9.13 Å². The molecule has 13 nitrogen and oxygen atoms in total. The van der Waals surface area contributed by atoms with Crippen LogP contribution in [0.4, 0.5) is 0 Å². The number of carbonyl (C=O) groups is 2. The van der Waals surface area contributed by atoms with Gasteiger partial charge >= 0.3 is 27.4 Å². The average molecular weight is 813 g/mol. The third-order valence-corrected chi connectivity index (χ3v) is 9.63. The van der Waals surface area contributed by atoms with Crippen molar-refractivity contribution in [2.24, 2.45) is 0 Å². The van der Waals surface area contributed by atoms with Crippen molar-refractivity contribution in [3.05, 3.63) is 113 Å². The van der Waals surface area contributed by atoms with Crippen molar-refractivity contribution in [3.63, 3.8) is 0 Å². The van der Waals surface area contributed by atoms with Gasteiger partial charge in [0.25, 0.3) is 0 Å². The Morgan fingerprint density at radius 3 is 1.38 bits per heavy atom. The number of hydrogen-bond donors (Lipinski definition) is 2. The first-order valence-electron chi connectivity index (χ1n) is 16.0. The lowest BCUT2D eigenvalue weighted by atomic mass is 10.3. The molecule has 0 saturated heterocycles. The predicted molar refractivity (Wildman–Crippen MR) is 206 cm³/mol. The molecule has 1 aromatic heterocycles. The Balaban J connectivity index is 0.000000360. The van der Waals surface area contributed by atoms with Gasteiger partial charge in [0.15, 0.2) is 5.75 Å². The summed E-state index contributed by atoms with van der Waals surface area (Å²) in [7, 11) is -7.93. The van der Waals surface area contributed by atoms with E-state index in [1.54, 1.807) is 107 Å². The molecule has 17 heteroatoms.